The molecular weight excluding hydrogens is 445 g/mol. The zero-order valence-corrected chi connectivity index (χ0v) is 19.1. The van der Waals surface area contributed by atoms with Crippen LogP contribution in [-0.4, -0.2) is 23.8 Å². The van der Waals surface area contributed by atoms with Gasteiger partial charge < -0.3 is 15.3 Å². The van der Waals surface area contributed by atoms with Crippen LogP contribution < -0.4 is 5.32 Å². The maximum Gasteiger partial charge on any atom is 0.416 e. The Morgan fingerprint density at radius 2 is 1.74 bits per heavy atom. The number of aliphatic carboxylic acids is 1. The highest BCUT2D eigenvalue weighted by atomic mass is 19.4. The van der Waals surface area contributed by atoms with Crippen LogP contribution in [0, 0.1) is 0 Å². The van der Waals surface area contributed by atoms with Crippen LogP contribution in [0.3, 0.4) is 0 Å². The lowest BCUT2D eigenvalue weighted by atomic mass is 9.81. The van der Waals surface area contributed by atoms with E-state index in [4.69, 9.17) is 9.94 Å². The lowest BCUT2D eigenvalue weighted by Crippen LogP contribution is -2.17. The number of nitrogens with zero attached hydrogens (tertiary/aromatic N) is 1. The number of oxime groups is 1. The van der Waals surface area contributed by atoms with Crippen LogP contribution in [0.2, 0.25) is 0 Å². The van der Waals surface area contributed by atoms with Crippen LogP contribution in [0.15, 0.2) is 47.6 Å². The summed E-state index contributed by atoms with van der Waals surface area (Å²) in [6.45, 7) is 0.977. The van der Waals surface area contributed by atoms with Crippen LogP contribution in [-0.2, 0) is 35.4 Å². The van der Waals surface area contributed by atoms with E-state index in [0.717, 1.165) is 43.2 Å². The Hall–Kier alpha value is -2.87. The van der Waals surface area contributed by atoms with Crippen LogP contribution >= 0.6 is 0 Å². The Balaban J connectivity index is 1.48. The molecule has 0 amide bonds. The van der Waals surface area contributed by atoms with Gasteiger partial charge in [-0.1, -0.05) is 60.8 Å². The second-order valence-electron chi connectivity index (χ2n) is 8.66. The predicted octanol–water partition coefficient (Wildman–Crippen LogP) is 6.06. The molecule has 0 spiro atoms. The molecule has 1 aliphatic rings. The Bertz CT molecular complexity index is 953. The topological polar surface area (TPSA) is 70.9 Å². The predicted molar refractivity (Wildman–Crippen MR) is 125 cm³/mol. The minimum Gasteiger partial charge on any atom is -0.481 e. The fourth-order valence-electron chi connectivity index (χ4n) is 4.24. The van der Waals surface area contributed by atoms with Crippen LogP contribution in [0.5, 0.6) is 0 Å². The zero-order chi connectivity index (χ0) is 24.4. The van der Waals surface area contributed by atoms with Gasteiger partial charge in [-0.05, 0) is 47.1 Å². The fraction of sp³-hybridized carbons (Fsp3) is 0.462. The standard InChI is InChI=1S/C26H31F3N2O3/c27-26(28,29)24-16-21(10-11-23(24)22-4-2-1-3-5-22)18-34-31-15-12-19-6-8-20(9-7-19)17-30-14-13-25(32)33/h6-11,15-16,22,30H,1-5,12-14,17-18H2,(H,32,33). The van der Waals surface area contributed by atoms with Gasteiger partial charge in [0.2, 0.25) is 0 Å². The van der Waals surface area contributed by atoms with Crippen molar-refractivity contribution >= 4 is 12.2 Å². The second-order valence-corrected chi connectivity index (χ2v) is 8.66. The van der Waals surface area contributed by atoms with E-state index in [-0.39, 0.29) is 18.9 Å². The maximum absolute atomic E-state index is 13.7. The number of alkyl halides is 3. The summed E-state index contributed by atoms with van der Waals surface area (Å²) in [6, 6.07) is 12.3. The van der Waals surface area contributed by atoms with E-state index in [0.29, 0.717) is 30.6 Å². The molecule has 8 heteroatoms. The first-order chi connectivity index (χ1) is 16.3. The van der Waals surface area contributed by atoms with Crippen molar-refractivity contribution in [2.45, 2.75) is 70.2 Å². The zero-order valence-electron chi connectivity index (χ0n) is 19.1. The molecule has 0 bridgehead atoms. The first kappa shape index (κ1) is 25.7. The summed E-state index contributed by atoms with van der Waals surface area (Å²) in [7, 11) is 0. The Kier molecular flexibility index (Phi) is 9.51. The van der Waals surface area contributed by atoms with Crippen molar-refractivity contribution in [3.8, 4) is 0 Å². The van der Waals surface area contributed by atoms with Crippen LogP contribution in [0.4, 0.5) is 13.2 Å². The summed E-state index contributed by atoms with van der Waals surface area (Å²) in [5.41, 5.74) is 2.35. The van der Waals surface area contributed by atoms with E-state index in [1.807, 2.05) is 24.3 Å². The van der Waals surface area contributed by atoms with Gasteiger partial charge in [-0.3, -0.25) is 4.79 Å². The largest absolute Gasteiger partial charge is 0.481 e. The van der Waals surface area contributed by atoms with Gasteiger partial charge in [0.25, 0.3) is 0 Å². The van der Waals surface area contributed by atoms with Crippen molar-refractivity contribution in [2.75, 3.05) is 6.54 Å². The summed E-state index contributed by atoms with van der Waals surface area (Å²) >= 11 is 0. The van der Waals surface area contributed by atoms with Crippen molar-refractivity contribution in [1.29, 1.82) is 0 Å². The minimum absolute atomic E-state index is 0.0223. The van der Waals surface area contributed by atoms with Crippen LogP contribution in [0.25, 0.3) is 0 Å². The molecule has 2 aromatic rings. The number of carboxylic acid groups (broad SMARTS) is 1. The minimum atomic E-state index is -4.38. The van der Waals surface area contributed by atoms with Crippen molar-refractivity contribution in [1.82, 2.24) is 5.32 Å². The number of hydrogen-bond donors (Lipinski definition) is 2. The molecule has 0 aliphatic heterocycles. The monoisotopic (exact) mass is 476 g/mol. The summed E-state index contributed by atoms with van der Waals surface area (Å²) in [5, 5.41) is 15.6. The Labute approximate surface area is 198 Å². The summed E-state index contributed by atoms with van der Waals surface area (Å²) in [5.74, 6) is -0.855. The molecule has 184 valence electrons. The molecule has 2 aromatic carbocycles. The van der Waals surface area contributed by atoms with Gasteiger partial charge in [-0.25, -0.2) is 0 Å². The first-order valence-corrected chi connectivity index (χ1v) is 11.7. The van der Waals surface area contributed by atoms with E-state index < -0.39 is 17.7 Å². The van der Waals surface area contributed by atoms with Crippen molar-refractivity contribution in [2.24, 2.45) is 5.16 Å². The highest BCUT2D eigenvalue weighted by Crippen LogP contribution is 2.41. The highest BCUT2D eigenvalue weighted by molar-refractivity contribution is 5.66. The van der Waals surface area contributed by atoms with Crippen molar-refractivity contribution in [3.63, 3.8) is 0 Å². The molecule has 0 aromatic heterocycles. The second kappa shape index (κ2) is 12.6. The lowest BCUT2D eigenvalue weighted by Gasteiger charge is -2.25. The fourth-order valence-corrected chi connectivity index (χ4v) is 4.24. The summed E-state index contributed by atoms with van der Waals surface area (Å²) < 4.78 is 41.0. The number of benzene rings is 2. The van der Waals surface area contributed by atoms with Gasteiger partial charge in [-0.2, -0.15) is 13.2 Å². The highest BCUT2D eigenvalue weighted by Gasteiger charge is 2.35. The number of carboxylic acids is 1. The third-order valence-electron chi connectivity index (χ3n) is 6.04. The molecule has 1 fully saturated rings. The number of rotatable bonds is 11. The SMILES string of the molecule is O=C(O)CCNCc1ccc(CC=NOCc2ccc(C3CCCCC3)c(C(F)(F)F)c2)cc1. The van der Waals surface area contributed by atoms with Gasteiger partial charge >= 0.3 is 12.1 Å². The van der Waals surface area contributed by atoms with Gasteiger partial charge in [0.1, 0.15) is 6.61 Å². The molecule has 0 saturated heterocycles. The van der Waals surface area contributed by atoms with E-state index in [1.165, 1.54) is 6.07 Å². The smallest absolute Gasteiger partial charge is 0.416 e. The van der Waals surface area contributed by atoms with Gasteiger partial charge in [0, 0.05) is 25.7 Å². The number of carbonyl (C=O) groups is 1. The molecule has 0 atom stereocenters. The Morgan fingerprint density at radius 3 is 2.41 bits per heavy atom. The summed E-state index contributed by atoms with van der Waals surface area (Å²) in [6.07, 6.45) is 2.49. The molecule has 1 saturated carbocycles. The normalized spacial score (nSPS) is 15.0. The van der Waals surface area contributed by atoms with Crippen molar-refractivity contribution in [3.05, 3.63) is 70.3 Å². The molecule has 34 heavy (non-hydrogen) atoms. The average molecular weight is 477 g/mol. The maximum atomic E-state index is 13.7. The number of hydrogen-bond acceptors (Lipinski definition) is 4. The molecule has 3 rings (SSSR count). The van der Waals surface area contributed by atoms with Crippen molar-refractivity contribution < 1.29 is 27.9 Å². The lowest BCUT2D eigenvalue weighted by molar-refractivity contribution is -0.139. The molecule has 1 aliphatic carbocycles. The first-order valence-electron chi connectivity index (χ1n) is 11.7. The molecular formula is C26H31F3N2O3. The third kappa shape index (κ3) is 8.17. The molecule has 0 radical (unpaired) electrons. The number of halogens is 3. The van der Waals surface area contributed by atoms with Crippen LogP contribution in [0.1, 0.15) is 72.3 Å². The van der Waals surface area contributed by atoms with E-state index in [9.17, 15) is 18.0 Å². The molecule has 0 unspecified atom stereocenters. The quantitative estimate of drug-likeness (QED) is 0.235. The van der Waals surface area contributed by atoms with E-state index in [1.54, 1.807) is 18.3 Å². The molecule has 2 N–H and O–H groups in total. The van der Waals surface area contributed by atoms with Gasteiger partial charge in [0.05, 0.1) is 12.0 Å². The molecule has 5 nitrogen and oxygen atoms in total. The third-order valence-corrected chi connectivity index (χ3v) is 6.04. The van der Waals surface area contributed by atoms with E-state index in [2.05, 4.69) is 10.5 Å². The number of nitrogens with one attached hydrogen (secondary N) is 1. The van der Waals surface area contributed by atoms with E-state index >= 15 is 0 Å². The molecule has 0 heterocycles. The van der Waals surface area contributed by atoms with Gasteiger partial charge in [0.15, 0.2) is 0 Å². The average Bonchev–Trinajstić information content (AvgIpc) is 2.82. The van der Waals surface area contributed by atoms with Gasteiger partial charge in [-0.15, -0.1) is 0 Å². The summed E-state index contributed by atoms with van der Waals surface area (Å²) in [4.78, 5) is 15.7. The Morgan fingerprint density at radius 1 is 1.06 bits per heavy atom.